The van der Waals surface area contributed by atoms with Crippen LogP contribution in [0.15, 0.2) is 49.1 Å². The van der Waals surface area contributed by atoms with Crippen molar-refractivity contribution >= 4 is 11.7 Å². The summed E-state index contributed by atoms with van der Waals surface area (Å²) >= 11 is 0. The summed E-state index contributed by atoms with van der Waals surface area (Å²) in [4.78, 5) is 10.6. The van der Waals surface area contributed by atoms with E-state index < -0.39 is 5.97 Å². The number of hydrogen-bond donors (Lipinski definition) is 2. The van der Waals surface area contributed by atoms with Crippen LogP contribution in [0.3, 0.4) is 0 Å². The molecule has 0 saturated carbocycles. The molecule has 0 spiro atoms. The first kappa shape index (κ1) is 22.6. The molecular weight excluding hydrogens is 334 g/mol. The second-order valence-electron chi connectivity index (χ2n) is 6.63. The van der Waals surface area contributed by atoms with Crippen LogP contribution in [0.25, 0.3) is 0 Å². The largest absolute Gasteiger partial charge is 0.472 e. The molecule has 0 heterocycles. The minimum atomic E-state index is -1.11. The number of aliphatic carboxylic acids is 1. The molecule has 1 aromatic carbocycles. The van der Waals surface area contributed by atoms with Crippen LogP contribution in [-0.4, -0.2) is 17.6 Å². The van der Waals surface area contributed by atoms with E-state index in [1.165, 1.54) is 44.9 Å². The van der Waals surface area contributed by atoms with Crippen molar-refractivity contribution in [2.45, 2.75) is 64.2 Å². The second-order valence-corrected chi connectivity index (χ2v) is 6.63. The van der Waals surface area contributed by atoms with Gasteiger partial charge >= 0.3 is 5.97 Å². The Labute approximate surface area is 164 Å². The van der Waals surface area contributed by atoms with Gasteiger partial charge < -0.3 is 10.4 Å². The van der Waals surface area contributed by atoms with Crippen molar-refractivity contribution in [3.05, 3.63) is 54.6 Å². The predicted octanol–water partition coefficient (Wildman–Crippen LogP) is 6.18. The molecule has 3 nitrogen and oxygen atoms in total. The molecule has 27 heavy (non-hydrogen) atoms. The Hall–Kier alpha value is -2.47. The van der Waals surface area contributed by atoms with Gasteiger partial charge in [0.2, 0.25) is 0 Å². The van der Waals surface area contributed by atoms with Crippen LogP contribution in [0.2, 0.25) is 0 Å². The van der Waals surface area contributed by atoms with E-state index in [1.807, 2.05) is 30.3 Å². The lowest BCUT2D eigenvalue weighted by Crippen LogP contribution is -2.02. The summed E-state index contributed by atoms with van der Waals surface area (Å²) in [7, 11) is 0. The zero-order chi connectivity index (χ0) is 19.6. The minimum Gasteiger partial charge on any atom is -0.472 e. The highest BCUT2D eigenvalue weighted by Gasteiger charge is 1.98. The third-order valence-corrected chi connectivity index (χ3v) is 4.29. The molecule has 0 fully saturated rings. The number of hydrogen-bond acceptors (Lipinski definition) is 2. The maximum Gasteiger partial charge on any atom is 0.382 e. The number of carboxylic acid groups (broad SMARTS) is 1. The van der Waals surface area contributed by atoms with Crippen LogP contribution < -0.4 is 5.32 Å². The zero-order valence-corrected chi connectivity index (χ0v) is 16.4. The lowest BCUT2D eigenvalue weighted by molar-refractivity contribution is -0.130. The SMILES string of the molecule is C=CCCCCCCCCC=CCCCNc1ccccc1C#CC(=O)O. The van der Waals surface area contributed by atoms with E-state index >= 15 is 0 Å². The van der Waals surface area contributed by atoms with Crippen molar-refractivity contribution < 1.29 is 9.90 Å². The Kier molecular flexibility index (Phi) is 13.2. The number of rotatable bonds is 14. The van der Waals surface area contributed by atoms with Gasteiger partial charge in [-0.1, -0.05) is 62.0 Å². The molecule has 0 bridgehead atoms. The summed E-state index contributed by atoms with van der Waals surface area (Å²) in [5.41, 5.74) is 1.61. The van der Waals surface area contributed by atoms with Crippen molar-refractivity contribution in [3.8, 4) is 11.8 Å². The molecule has 1 aromatic rings. The molecule has 0 amide bonds. The van der Waals surface area contributed by atoms with Gasteiger partial charge in [-0.2, -0.15) is 0 Å². The zero-order valence-electron chi connectivity index (χ0n) is 16.4. The number of anilines is 1. The van der Waals surface area contributed by atoms with Gasteiger partial charge in [-0.05, 0) is 50.7 Å². The standard InChI is InChI=1S/C24H33NO2/c1-2-3-4-5-6-7-8-9-10-11-12-13-16-21-25-23-18-15-14-17-22(23)19-20-24(26)27/h2,11-12,14-15,17-18,25H,1,3-10,13,16,21H2,(H,26,27). The summed E-state index contributed by atoms with van der Waals surface area (Å²) in [6.45, 7) is 4.60. The quantitative estimate of drug-likeness (QED) is 0.234. The molecule has 0 aromatic heterocycles. The van der Waals surface area contributed by atoms with Crippen molar-refractivity contribution in [2.24, 2.45) is 0 Å². The molecule has 0 saturated heterocycles. The molecule has 2 N–H and O–H groups in total. The first-order valence-corrected chi connectivity index (χ1v) is 10.1. The molecule has 1 rings (SSSR count). The van der Waals surface area contributed by atoms with Crippen molar-refractivity contribution in [1.82, 2.24) is 0 Å². The van der Waals surface area contributed by atoms with Gasteiger partial charge in [0.25, 0.3) is 0 Å². The molecule has 0 radical (unpaired) electrons. The molecule has 0 aliphatic heterocycles. The van der Waals surface area contributed by atoms with Gasteiger partial charge in [-0.15, -0.1) is 6.58 Å². The second kappa shape index (κ2) is 15.8. The highest BCUT2D eigenvalue weighted by molar-refractivity contribution is 5.87. The first-order valence-electron chi connectivity index (χ1n) is 10.1. The monoisotopic (exact) mass is 367 g/mol. The highest BCUT2D eigenvalue weighted by atomic mass is 16.4. The highest BCUT2D eigenvalue weighted by Crippen LogP contribution is 2.14. The Morgan fingerprint density at radius 1 is 0.963 bits per heavy atom. The Balaban J connectivity index is 2.07. The average Bonchev–Trinajstić information content (AvgIpc) is 2.67. The molecular formula is C24H33NO2. The van der Waals surface area contributed by atoms with Gasteiger partial charge in [0.05, 0.1) is 0 Å². The molecule has 0 atom stereocenters. The number of allylic oxidation sites excluding steroid dienone is 3. The Bertz CT molecular complexity index is 637. The van der Waals surface area contributed by atoms with Crippen LogP contribution in [0, 0.1) is 11.8 Å². The van der Waals surface area contributed by atoms with Crippen LogP contribution in [-0.2, 0) is 4.79 Å². The summed E-state index contributed by atoms with van der Waals surface area (Å²) in [5.74, 6) is 3.74. The van der Waals surface area contributed by atoms with E-state index in [2.05, 4.69) is 35.9 Å². The average molecular weight is 368 g/mol. The third-order valence-electron chi connectivity index (χ3n) is 4.29. The number of unbranched alkanes of at least 4 members (excludes halogenated alkanes) is 8. The maximum atomic E-state index is 10.6. The van der Waals surface area contributed by atoms with E-state index in [0.717, 1.165) is 37.1 Å². The van der Waals surface area contributed by atoms with Crippen LogP contribution >= 0.6 is 0 Å². The van der Waals surface area contributed by atoms with E-state index in [9.17, 15) is 4.79 Å². The Morgan fingerprint density at radius 2 is 1.59 bits per heavy atom. The van der Waals surface area contributed by atoms with Gasteiger partial charge in [-0.25, -0.2) is 4.79 Å². The summed E-state index contributed by atoms with van der Waals surface area (Å²) in [6, 6.07) is 7.55. The fraction of sp³-hybridized carbons (Fsp3) is 0.458. The number of para-hydroxylation sites is 1. The van der Waals surface area contributed by atoms with E-state index in [1.54, 1.807) is 0 Å². The molecule has 0 aliphatic carbocycles. The van der Waals surface area contributed by atoms with Crippen LogP contribution in [0.1, 0.15) is 69.8 Å². The number of carboxylic acids is 1. The Morgan fingerprint density at radius 3 is 2.30 bits per heavy atom. The predicted molar refractivity (Wildman–Crippen MR) is 115 cm³/mol. The van der Waals surface area contributed by atoms with Gasteiger partial charge in [0, 0.05) is 23.7 Å². The van der Waals surface area contributed by atoms with Gasteiger partial charge in [0.15, 0.2) is 0 Å². The van der Waals surface area contributed by atoms with Crippen molar-refractivity contribution in [3.63, 3.8) is 0 Å². The van der Waals surface area contributed by atoms with E-state index in [-0.39, 0.29) is 0 Å². The fourth-order valence-electron chi connectivity index (χ4n) is 2.80. The summed E-state index contributed by atoms with van der Waals surface area (Å²) in [5, 5.41) is 12.0. The lowest BCUT2D eigenvalue weighted by atomic mass is 10.1. The fourth-order valence-corrected chi connectivity index (χ4v) is 2.80. The van der Waals surface area contributed by atoms with Crippen molar-refractivity contribution in [2.75, 3.05) is 11.9 Å². The maximum absolute atomic E-state index is 10.6. The molecule has 3 heteroatoms. The summed E-state index contributed by atoms with van der Waals surface area (Å²) in [6.07, 6.45) is 18.9. The van der Waals surface area contributed by atoms with Crippen LogP contribution in [0.4, 0.5) is 5.69 Å². The topological polar surface area (TPSA) is 49.3 Å². The number of carbonyl (C=O) groups is 1. The smallest absolute Gasteiger partial charge is 0.382 e. The lowest BCUT2D eigenvalue weighted by Gasteiger charge is -2.07. The normalized spacial score (nSPS) is 10.4. The third kappa shape index (κ3) is 12.5. The van der Waals surface area contributed by atoms with Crippen LogP contribution in [0.5, 0.6) is 0 Å². The first-order chi connectivity index (χ1) is 13.2. The van der Waals surface area contributed by atoms with Gasteiger partial charge in [-0.3, -0.25) is 0 Å². The van der Waals surface area contributed by atoms with E-state index in [0.29, 0.717) is 0 Å². The molecule has 146 valence electrons. The van der Waals surface area contributed by atoms with Crippen molar-refractivity contribution in [1.29, 1.82) is 0 Å². The van der Waals surface area contributed by atoms with Gasteiger partial charge in [0.1, 0.15) is 0 Å². The van der Waals surface area contributed by atoms with E-state index in [4.69, 9.17) is 5.11 Å². The number of benzene rings is 1. The number of nitrogens with one attached hydrogen (secondary N) is 1. The molecule has 0 unspecified atom stereocenters. The summed E-state index contributed by atoms with van der Waals surface area (Å²) < 4.78 is 0. The molecule has 0 aliphatic rings. The minimum absolute atomic E-state index is 0.722.